The maximum atomic E-state index is 13.9. The van der Waals surface area contributed by atoms with Crippen LogP contribution in [-0.2, 0) is 6.42 Å². The van der Waals surface area contributed by atoms with Crippen LogP contribution in [0.5, 0.6) is 0 Å². The molecule has 0 bridgehead atoms. The lowest BCUT2D eigenvalue weighted by Gasteiger charge is -2.13. The van der Waals surface area contributed by atoms with Crippen molar-refractivity contribution in [1.29, 1.82) is 10.5 Å². The van der Waals surface area contributed by atoms with E-state index in [0.717, 1.165) is 6.08 Å². The Labute approximate surface area is 117 Å². The topological polar surface area (TPSA) is 85.6 Å². The van der Waals surface area contributed by atoms with Gasteiger partial charge in [0.05, 0.1) is 11.3 Å². The van der Waals surface area contributed by atoms with Gasteiger partial charge in [0.15, 0.2) is 28.8 Å². The summed E-state index contributed by atoms with van der Waals surface area (Å²) in [6, 6.07) is 2.63. The molecule has 0 atom stereocenters. The van der Waals surface area contributed by atoms with Crippen molar-refractivity contribution in [3.8, 4) is 12.1 Å². The van der Waals surface area contributed by atoms with Crippen molar-refractivity contribution in [1.82, 2.24) is 5.43 Å². The molecule has 1 aromatic carbocycles. The molecule has 3 N–H and O–H groups in total. The van der Waals surface area contributed by atoms with Gasteiger partial charge >= 0.3 is 0 Å². The van der Waals surface area contributed by atoms with Gasteiger partial charge in [-0.2, -0.15) is 10.5 Å². The molecule has 0 heterocycles. The molecule has 1 aromatic rings. The number of nitrogens with zero attached hydrogens (tertiary/aromatic N) is 2. The zero-order valence-corrected chi connectivity index (χ0v) is 10.5. The minimum Gasteiger partial charge on any atom is -0.322 e. The Bertz CT molecular complexity index is 665. The van der Waals surface area contributed by atoms with Crippen molar-refractivity contribution >= 4 is 5.70 Å². The molecule has 0 fully saturated rings. The minimum atomic E-state index is -1.76. The molecule has 0 saturated heterocycles. The van der Waals surface area contributed by atoms with Crippen LogP contribution in [0.15, 0.2) is 18.2 Å². The monoisotopic (exact) mass is 296 g/mol. The quantitative estimate of drug-likeness (QED) is 0.223. The molecule has 0 aliphatic carbocycles. The summed E-state index contributed by atoms with van der Waals surface area (Å²) in [7, 11) is 0. The van der Waals surface area contributed by atoms with Crippen LogP contribution in [0.4, 0.5) is 17.6 Å². The Balaban J connectivity index is 3.84. The largest absolute Gasteiger partial charge is 0.322 e. The summed E-state index contributed by atoms with van der Waals surface area (Å²) in [5.41, 5.74) is -2.07. The third-order valence-corrected chi connectivity index (χ3v) is 2.57. The highest BCUT2D eigenvalue weighted by Gasteiger charge is 2.28. The van der Waals surface area contributed by atoms with Gasteiger partial charge in [-0.05, 0) is 6.42 Å². The highest BCUT2D eigenvalue weighted by Crippen LogP contribution is 2.29. The van der Waals surface area contributed by atoms with E-state index in [-0.39, 0.29) is 0 Å². The predicted molar refractivity (Wildman–Crippen MR) is 65.6 cm³/mol. The Morgan fingerprint density at radius 3 is 1.90 bits per heavy atom. The van der Waals surface area contributed by atoms with Gasteiger partial charge in [0, 0.05) is 5.56 Å². The summed E-state index contributed by atoms with van der Waals surface area (Å²) in [5, 5.41) is 17.4. The second-order valence-corrected chi connectivity index (χ2v) is 3.72. The van der Waals surface area contributed by atoms with Crippen LogP contribution in [0.25, 0.3) is 5.70 Å². The van der Waals surface area contributed by atoms with Gasteiger partial charge < -0.3 is 5.43 Å². The van der Waals surface area contributed by atoms with Crippen molar-refractivity contribution in [2.24, 2.45) is 5.84 Å². The number of halogens is 4. The fourth-order valence-electron chi connectivity index (χ4n) is 1.63. The third-order valence-electron chi connectivity index (χ3n) is 2.57. The third kappa shape index (κ3) is 2.71. The normalized spacial score (nSPS) is 9.48. The molecule has 0 spiro atoms. The molecule has 108 valence electrons. The van der Waals surface area contributed by atoms with Crippen molar-refractivity contribution in [2.75, 3.05) is 0 Å². The van der Waals surface area contributed by atoms with Gasteiger partial charge in [-0.3, -0.25) is 5.84 Å². The number of nitrogens with two attached hydrogens (primary N) is 1. The van der Waals surface area contributed by atoms with E-state index in [1.54, 1.807) is 5.43 Å². The summed E-state index contributed by atoms with van der Waals surface area (Å²) in [6.07, 6.45) is 0.623. The van der Waals surface area contributed by atoms with E-state index >= 15 is 0 Å². The molecule has 0 amide bonds. The summed E-state index contributed by atoms with van der Waals surface area (Å²) in [4.78, 5) is 0. The Kier molecular flexibility index (Phi) is 5.06. The second-order valence-electron chi connectivity index (χ2n) is 3.72. The van der Waals surface area contributed by atoms with Crippen molar-refractivity contribution < 1.29 is 17.6 Å². The van der Waals surface area contributed by atoms with E-state index in [1.807, 2.05) is 0 Å². The number of rotatable bonds is 4. The first kappa shape index (κ1) is 16.2. The molecule has 0 aliphatic heterocycles. The van der Waals surface area contributed by atoms with E-state index in [4.69, 9.17) is 16.4 Å². The molecular formula is C13H8F4N4. The lowest BCUT2D eigenvalue weighted by atomic mass is 10.0. The van der Waals surface area contributed by atoms with Crippen molar-refractivity contribution in [2.45, 2.75) is 6.42 Å². The maximum absolute atomic E-state index is 13.9. The van der Waals surface area contributed by atoms with E-state index in [0.29, 0.717) is 0 Å². The van der Waals surface area contributed by atoms with Crippen LogP contribution in [0, 0.1) is 45.9 Å². The highest BCUT2D eigenvalue weighted by molar-refractivity contribution is 5.74. The SMILES string of the molecule is C=CCc1c(F)c(F)c(C(NN)=C(C#N)C#N)c(F)c1F. The summed E-state index contributed by atoms with van der Waals surface area (Å²) < 4.78 is 55.4. The van der Waals surface area contributed by atoms with E-state index < -0.39 is 52.1 Å². The molecule has 8 heteroatoms. The van der Waals surface area contributed by atoms with Gasteiger partial charge in [-0.1, -0.05) is 6.08 Å². The Morgan fingerprint density at radius 2 is 1.57 bits per heavy atom. The number of allylic oxidation sites excluding steroid dienone is 2. The number of nitriles is 2. The number of nitrogens with one attached hydrogen (secondary N) is 1. The number of benzene rings is 1. The Hall–Kier alpha value is -2.84. The summed E-state index contributed by atoms with van der Waals surface area (Å²) in [6.45, 7) is 3.22. The van der Waals surface area contributed by atoms with Gasteiger partial charge in [-0.25, -0.2) is 17.6 Å². The van der Waals surface area contributed by atoms with Gasteiger partial charge in [0.1, 0.15) is 12.1 Å². The minimum absolute atomic E-state index is 0.440. The standard InChI is InChI=1S/C13H8F4N4/c1-2-3-7-9(14)11(16)8(12(17)10(7)15)13(21-20)6(4-18)5-19/h2,21H,1,3,20H2. The van der Waals surface area contributed by atoms with Gasteiger partial charge in [-0.15, -0.1) is 6.58 Å². The van der Waals surface area contributed by atoms with E-state index in [9.17, 15) is 17.6 Å². The van der Waals surface area contributed by atoms with Crippen LogP contribution < -0.4 is 11.3 Å². The lowest BCUT2D eigenvalue weighted by molar-refractivity contribution is 0.437. The molecule has 0 aliphatic rings. The first-order chi connectivity index (χ1) is 9.94. The van der Waals surface area contributed by atoms with Crippen molar-refractivity contribution in [3.63, 3.8) is 0 Å². The maximum Gasteiger partial charge on any atom is 0.171 e. The molecule has 0 aromatic heterocycles. The smallest absolute Gasteiger partial charge is 0.171 e. The highest BCUT2D eigenvalue weighted by atomic mass is 19.2. The molecule has 0 radical (unpaired) electrons. The average molecular weight is 296 g/mol. The number of hydrazine groups is 1. The first-order valence-electron chi connectivity index (χ1n) is 5.41. The molecule has 1 rings (SSSR count). The van der Waals surface area contributed by atoms with Gasteiger partial charge in [0.25, 0.3) is 0 Å². The summed E-state index contributed by atoms with van der Waals surface area (Å²) in [5.74, 6) is -1.83. The number of hydrogen-bond donors (Lipinski definition) is 2. The molecule has 21 heavy (non-hydrogen) atoms. The van der Waals surface area contributed by atoms with Crippen LogP contribution >= 0.6 is 0 Å². The lowest BCUT2D eigenvalue weighted by Crippen LogP contribution is -2.24. The van der Waals surface area contributed by atoms with Gasteiger partial charge in [0.2, 0.25) is 0 Å². The fraction of sp³-hybridized carbons (Fsp3) is 0.0769. The second kappa shape index (κ2) is 6.55. The van der Waals surface area contributed by atoms with Crippen LogP contribution in [0.3, 0.4) is 0 Å². The molecular weight excluding hydrogens is 288 g/mol. The predicted octanol–water partition coefficient (Wildman–Crippen LogP) is 2.19. The Morgan fingerprint density at radius 1 is 1.10 bits per heavy atom. The number of hydrogen-bond acceptors (Lipinski definition) is 4. The van der Waals surface area contributed by atoms with Crippen molar-refractivity contribution in [3.05, 3.63) is 52.6 Å². The zero-order chi connectivity index (χ0) is 16.2. The van der Waals surface area contributed by atoms with Crippen LogP contribution in [0.1, 0.15) is 11.1 Å². The molecule has 0 saturated carbocycles. The van der Waals surface area contributed by atoms with Crippen LogP contribution in [-0.4, -0.2) is 0 Å². The average Bonchev–Trinajstić information content (AvgIpc) is 2.49. The molecule has 4 nitrogen and oxygen atoms in total. The fourth-order valence-corrected chi connectivity index (χ4v) is 1.63. The van der Waals surface area contributed by atoms with E-state index in [2.05, 4.69) is 6.58 Å². The van der Waals surface area contributed by atoms with Crippen LogP contribution in [0.2, 0.25) is 0 Å². The first-order valence-corrected chi connectivity index (χ1v) is 5.41. The summed E-state index contributed by atoms with van der Waals surface area (Å²) >= 11 is 0. The zero-order valence-electron chi connectivity index (χ0n) is 10.5. The molecule has 0 unspecified atom stereocenters. The van der Waals surface area contributed by atoms with E-state index in [1.165, 1.54) is 12.1 Å².